The lowest BCUT2D eigenvalue weighted by Crippen LogP contribution is -2.40. The van der Waals surface area contributed by atoms with Crippen molar-refractivity contribution in [2.24, 2.45) is 5.16 Å². The predicted molar refractivity (Wildman–Crippen MR) is 54.3 cm³/mol. The third-order valence-corrected chi connectivity index (χ3v) is 2.52. The summed E-state index contributed by atoms with van der Waals surface area (Å²) < 4.78 is 0. The zero-order chi connectivity index (χ0) is 9.52. The van der Waals surface area contributed by atoms with Gasteiger partial charge in [0.15, 0.2) is 0 Å². The molecule has 13 heavy (non-hydrogen) atoms. The highest BCUT2D eigenvalue weighted by Crippen LogP contribution is 2.15. The zero-order valence-electron chi connectivity index (χ0n) is 8.02. The standard InChI is InChI=1S/C10H18N2O/c1-2-3-7-12-8-5-4-6-10(12)9-11-13/h2,9-10,13H,1,3-8H2/b11-9+. The molecule has 1 heterocycles. The van der Waals surface area contributed by atoms with E-state index in [1.54, 1.807) is 6.21 Å². The Hall–Kier alpha value is -0.830. The summed E-state index contributed by atoms with van der Waals surface area (Å²) in [4.78, 5) is 2.35. The van der Waals surface area contributed by atoms with Gasteiger partial charge in [0.25, 0.3) is 0 Å². The Kier molecular flexibility index (Phi) is 4.54. The Balaban J connectivity index is 2.41. The lowest BCUT2D eigenvalue weighted by Gasteiger charge is -2.32. The lowest BCUT2D eigenvalue weighted by molar-refractivity contribution is 0.194. The fourth-order valence-corrected chi connectivity index (χ4v) is 1.80. The number of hydrogen-bond acceptors (Lipinski definition) is 3. The molecule has 1 aliphatic rings. The van der Waals surface area contributed by atoms with E-state index in [2.05, 4.69) is 16.6 Å². The highest BCUT2D eigenvalue weighted by Gasteiger charge is 2.19. The zero-order valence-corrected chi connectivity index (χ0v) is 8.02. The van der Waals surface area contributed by atoms with Crippen LogP contribution in [0.3, 0.4) is 0 Å². The van der Waals surface area contributed by atoms with E-state index in [1.165, 1.54) is 12.8 Å². The maximum Gasteiger partial charge on any atom is 0.0607 e. The van der Waals surface area contributed by atoms with Gasteiger partial charge < -0.3 is 5.21 Å². The first-order valence-corrected chi connectivity index (χ1v) is 4.91. The molecule has 0 aromatic rings. The summed E-state index contributed by atoms with van der Waals surface area (Å²) in [7, 11) is 0. The number of nitrogens with zero attached hydrogens (tertiary/aromatic N) is 2. The van der Waals surface area contributed by atoms with E-state index in [9.17, 15) is 0 Å². The van der Waals surface area contributed by atoms with E-state index in [4.69, 9.17) is 5.21 Å². The van der Waals surface area contributed by atoms with Crippen molar-refractivity contribution in [1.29, 1.82) is 0 Å². The van der Waals surface area contributed by atoms with Crippen molar-refractivity contribution in [3.8, 4) is 0 Å². The Morgan fingerprint density at radius 2 is 2.38 bits per heavy atom. The number of oxime groups is 1. The molecule has 0 spiro atoms. The normalized spacial score (nSPS) is 25.1. The van der Waals surface area contributed by atoms with Gasteiger partial charge in [0.1, 0.15) is 0 Å². The first kappa shape index (κ1) is 10.3. The number of hydrogen-bond donors (Lipinski definition) is 1. The maximum absolute atomic E-state index is 8.48. The minimum atomic E-state index is 0.332. The van der Waals surface area contributed by atoms with Crippen molar-refractivity contribution in [3.05, 3.63) is 12.7 Å². The Labute approximate surface area is 79.7 Å². The van der Waals surface area contributed by atoms with Gasteiger partial charge in [-0.2, -0.15) is 0 Å². The van der Waals surface area contributed by atoms with E-state index >= 15 is 0 Å². The van der Waals surface area contributed by atoms with Crippen LogP contribution in [0.25, 0.3) is 0 Å². The summed E-state index contributed by atoms with van der Waals surface area (Å²) in [6.07, 6.45) is 8.19. The summed E-state index contributed by atoms with van der Waals surface area (Å²) in [6, 6.07) is 0.332. The van der Waals surface area contributed by atoms with Gasteiger partial charge in [0, 0.05) is 12.6 Å². The van der Waals surface area contributed by atoms with E-state index in [1.807, 2.05) is 6.08 Å². The minimum absolute atomic E-state index is 0.332. The molecular formula is C10H18N2O. The quantitative estimate of drug-likeness (QED) is 0.312. The van der Waals surface area contributed by atoms with Crippen molar-refractivity contribution in [3.63, 3.8) is 0 Å². The summed E-state index contributed by atoms with van der Waals surface area (Å²) in [5, 5.41) is 11.6. The molecule has 0 bridgehead atoms. The van der Waals surface area contributed by atoms with Crippen molar-refractivity contribution < 1.29 is 5.21 Å². The minimum Gasteiger partial charge on any atom is -0.411 e. The Morgan fingerprint density at radius 1 is 1.54 bits per heavy atom. The number of likely N-dealkylation sites (tertiary alicyclic amines) is 1. The van der Waals surface area contributed by atoms with Crippen LogP contribution in [-0.2, 0) is 0 Å². The van der Waals surface area contributed by atoms with E-state index in [0.29, 0.717) is 6.04 Å². The van der Waals surface area contributed by atoms with Crippen LogP contribution >= 0.6 is 0 Å². The van der Waals surface area contributed by atoms with Crippen molar-refractivity contribution in [2.45, 2.75) is 31.7 Å². The molecule has 0 radical (unpaired) electrons. The molecule has 3 nitrogen and oxygen atoms in total. The highest BCUT2D eigenvalue weighted by atomic mass is 16.4. The first-order valence-electron chi connectivity index (χ1n) is 4.91. The molecule has 3 heteroatoms. The first-order chi connectivity index (χ1) is 6.38. The van der Waals surface area contributed by atoms with Crippen LogP contribution in [0.4, 0.5) is 0 Å². The fraction of sp³-hybridized carbons (Fsp3) is 0.700. The molecule has 1 saturated heterocycles. The van der Waals surface area contributed by atoms with E-state index in [-0.39, 0.29) is 0 Å². The molecule has 0 aliphatic carbocycles. The van der Waals surface area contributed by atoms with E-state index in [0.717, 1.165) is 25.9 Å². The molecule has 0 aromatic carbocycles. The lowest BCUT2D eigenvalue weighted by atomic mass is 10.0. The summed E-state index contributed by atoms with van der Waals surface area (Å²) in [6.45, 7) is 5.85. The molecule has 1 aliphatic heterocycles. The second kappa shape index (κ2) is 5.75. The Morgan fingerprint density at radius 3 is 3.08 bits per heavy atom. The van der Waals surface area contributed by atoms with Gasteiger partial charge in [-0.15, -0.1) is 11.7 Å². The van der Waals surface area contributed by atoms with Crippen molar-refractivity contribution in [2.75, 3.05) is 13.1 Å². The molecule has 1 N–H and O–H groups in total. The van der Waals surface area contributed by atoms with Crippen molar-refractivity contribution in [1.82, 2.24) is 4.90 Å². The van der Waals surface area contributed by atoms with Crippen LogP contribution in [-0.4, -0.2) is 35.5 Å². The van der Waals surface area contributed by atoms with Gasteiger partial charge >= 0.3 is 0 Å². The molecule has 1 atom stereocenters. The second-order valence-corrected chi connectivity index (χ2v) is 3.44. The smallest absolute Gasteiger partial charge is 0.0607 e. The fourth-order valence-electron chi connectivity index (χ4n) is 1.80. The molecule has 0 saturated carbocycles. The second-order valence-electron chi connectivity index (χ2n) is 3.44. The largest absolute Gasteiger partial charge is 0.411 e. The molecule has 1 unspecified atom stereocenters. The number of rotatable bonds is 4. The number of piperidine rings is 1. The molecule has 74 valence electrons. The van der Waals surface area contributed by atoms with Crippen LogP contribution < -0.4 is 0 Å². The SMILES string of the molecule is C=CCCN1CCCCC1/C=N/O. The van der Waals surface area contributed by atoms with Gasteiger partial charge in [-0.3, -0.25) is 4.90 Å². The average Bonchev–Trinajstić information content (AvgIpc) is 2.17. The van der Waals surface area contributed by atoms with Gasteiger partial charge in [-0.25, -0.2) is 0 Å². The van der Waals surface area contributed by atoms with Crippen LogP contribution in [0, 0.1) is 0 Å². The monoisotopic (exact) mass is 182 g/mol. The molecule has 1 rings (SSSR count). The summed E-state index contributed by atoms with van der Waals surface area (Å²) in [5.41, 5.74) is 0. The molecule has 0 aromatic heterocycles. The molecule has 1 fully saturated rings. The predicted octanol–water partition coefficient (Wildman–Crippen LogP) is 1.88. The van der Waals surface area contributed by atoms with Crippen LogP contribution in [0.15, 0.2) is 17.8 Å². The van der Waals surface area contributed by atoms with Crippen LogP contribution in [0.1, 0.15) is 25.7 Å². The van der Waals surface area contributed by atoms with Crippen LogP contribution in [0.2, 0.25) is 0 Å². The maximum atomic E-state index is 8.48. The highest BCUT2D eigenvalue weighted by molar-refractivity contribution is 5.63. The van der Waals surface area contributed by atoms with Gasteiger partial charge in [0.2, 0.25) is 0 Å². The van der Waals surface area contributed by atoms with Crippen molar-refractivity contribution >= 4 is 6.21 Å². The van der Waals surface area contributed by atoms with Gasteiger partial charge in [0.05, 0.1) is 6.21 Å². The third-order valence-electron chi connectivity index (χ3n) is 2.52. The van der Waals surface area contributed by atoms with E-state index < -0.39 is 0 Å². The van der Waals surface area contributed by atoms with Gasteiger partial charge in [-0.05, 0) is 25.8 Å². The van der Waals surface area contributed by atoms with Crippen LogP contribution in [0.5, 0.6) is 0 Å². The molecular weight excluding hydrogens is 164 g/mol. The summed E-state index contributed by atoms with van der Waals surface area (Å²) in [5.74, 6) is 0. The molecule has 0 amide bonds. The average molecular weight is 182 g/mol. The third kappa shape index (κ3) is 3.19. The Bertz CT molecular complexity index is 180. The van der Waals surface area contributed by atoms with Gasteiger partial charge in [-0.1, -0.05) is 12.5 Å². The topological polar surface area (TPSA) is 35.8 Å². The summed E-state index contributed by atoms with van der Waals surface area (Å²) >= 11 is 0.